The molecule has 0 radical (unpaired) electrons. The van der Waals surface area contributed by atoms with Crippen LogP contribution in [0.2, 0.25) is 0 Å². The van der Waals surface area contributed by atoms with Crippen LogP contribution < -0.4 is 11.1 Å². The topological polar surface area (TPSA) is 63.3 Å². The molecule has 0 atom stereocenters. The van der Waals surface area contributed by atoms with Gasteiger partial charge in [-0.25, -0.2) is 0 Å². The van der Waals surface area contributed by atoms with Crippen LogP contribution in [-0.2, 0) is 0 Å². The maximum atomic E-state index is 12.4. The van der Waals surface area contributed by atoms with Crippen LogP contribution >= 0.6 is 0 Å². The molecule has 1 amide bonds. The summed E-state index contributed by atoms with van der Waals surface area (Å²) in [6, 6.07) is 2.27. The van der Waals surface area contributed by atoms with Gasteiger partial charge in [0, 0.05) is 31.4 Å². The highest BCUT2D eigenvalue weighted by molar-refractivity contribution is 5.94. The van der Waals surface area contributed by atoms with E-state index < -0.39 is 0 Å². The Morgan fingerprint density at radius 1 is 1.45 bits per heavy atom. The number of carbonyl (C=O) groups is 1. The molecule has 0 aromatic carbocycles. The first kappa shape index (κ1) is 14.9. The third-order valence-electron chi connectivity index (χ3n) is 4.03. The minimum absolute atomic E-state index is 0.00894. The van der Waals surface area contributed by atoms with E-state index in [2.05, 4.69) is 31.0 Å². The van der Waals surface area contributed by atoms with E-state index in [0.717, 1.165) is 32.5 Å². The van der Waals surface area contributed by atoms with Crippen molar-refractivity contribution >= 4 is 11.6 Å². The molecule has 1 aliphatic rings. The molecule has 20 heavy (non-hydrogen) atoms. The largest absolute Gasteiger partial charge is 0.397 e. The average molecular weight is 278 g/mol. The molecule has 0 saturated carbocycles. The Hall–Kier alpha value is -1.49. The van der Waals surface area contributed by atoms with E-state index in [1.165, 1.54) is 0 Å². The highest BCUT2D eigenvalue weighted by Gasteiger charge is 2.22. The highest BCUT2D eigenvalue weighted by Crippen LogP contribution is 2.17. The molecule has 5 nitrogen and oxygen atoms in total. The molecule has 1 saturated heterocycles. The minimum atomic E-state index is -0.00894. The Morgan fingerprint density at radius 3 is 2.65 bits per heavy atom. The Labute approximate surface area is 121 Å². The van der Waals surface area contributed by atoms with Crippen molar-refractivity contribution in [2.24, 2.45) is 0 Å². The van der Waals surface area contributed by atoms with Crippen LogP contribution in [0.5, 0.6) is 0 Å². The summed E-state index contributed by atoms with van der Waals surface area (Å²) in [5.41, 5.74) is 7.12. The fourth-order valence-electron chi connectivity index (χ4n) is 2.76. The van der Waals surface area contributed by atoms with Gasteiger partial charge in [-0.05, 0) is 39.3 Å². The zero-order chi connectivity index (χ0) is 14.7. The zero-order valence-corrected chi connectivity index (χ0v) is 12.7. The van der Waals surface area contributed by atoms with E-state index in [1.54, 1.807) is 6.07 Å². The van der Waals surface area contributed by atoms with E-state index in [9.17, 15) is 4.79 Å². The van der Waals surface area contributed by atoms with Crippen molar-refractivity contribution in [3.63, 3.8) is 0 Å². The van der Waals surface area contributed by atoms with Gasteiger partial charge in [0.05, 0.1) is 5.69 Å². The number of hydrogen-bond acceptors (Lipinski definition) is 3. The van der Waals surface area contributed by atoms with Gasteiger partial charge in [0.25, 0.3) is 5.91 Å². The standard InChI is InChI=1S/C15H26N4O/c1-4-18-7-5-13(6-8-18)17-15(20)14-9-12(16)10-19(14)11(2)3/h9-11,13H,4-8,16H2,1-3H3,(H,17,20). The number of piperidine rings is 1. The SMILES string of the molecule is CCN1CCC(NC(=O)c2cc(N)cn2C(C)C)CC1. The first-order valence-electron chi connectivity index (χ1n) is 7.51. The maximum absolute atomic E-state index is 12.4. The number of rotatable bonds is 4. The molecule has 1 fully saturated rings. The predicted octanol–water partition coefficient (Wildman–Crippen LogP) is 1.87. The summed E-state index contributed by atoms with van der Waals surface area (Å²) in [6.07, 6.45) is 3.88. The van der Waals surface area contributed by atoms with Gasteiger partial charge in [-0.3, -0.25) is 4.79 Å². The lowest BCUT2D eigenvalue weighted by atomic mass is 10.0. The number of anilines is 1. The summed E-state index contributed by atoms with van der Waals surface area (Å²) in [7, 11) is 0. The predicted molar refractivity (Wildman–Crippen MR) is 81.8 cm³/mol. The summed E-state index contributed by atoms with van der Waals surface area (Å²) < 4.78 is 1.94. The van der Waals surface area contributed by atoms with Crippen LogP contribution in [0.25, 0.3) is 0 Å². The normalized spacial score (nSPS) is 17.6. The first-order chi connectivity index (χ1) is 9.51. The van der Waals surface area contributed by atoms with Gasteiger partial charge >= 0.3 is 0 Å². The summed E-state index contributed by atoms with van der Waals surface area (Å²) in [6.45, 7) is 9.50. The van der Waals surface area contributed by atoms with Gasteiger partial charge in [0.15, 0.2) is 0 Å². The third kappa shape index (κ3) is 3.33. The number of likely N-dealkylation sites (tertiary alicyclic amines) is 1. The molecule has 0 spiro atoms. The van der Waals surface area contributed by atoms with Crippen molar-refractivity contribution in [1.82, 2.24) is 14.8 Å². The smallest absolute Gasteiger partial charge is 0.268 e. The number of nitrogens with one attached hydrogen (secondary N) is 1. The number of nitrogen functional groups attached to an aromatic ring is 1. The summed E-state index contributed by atoms with van der Waals surface area (Å²) in [4.78, 5) is 14.8. The number of amides is 1. The number of hydrogen-bond donors (Lipinski definition) is 2. The van der Waals surface area contributed by atoms with Crippen LogP contribution in [0.1, 0.15) is 50.1 Å². The molecular formula is C15H26N4O. The van der Waals surface area contributed by atoms with E-state index in [0.29, 0.717) is 11.4 Å². The van der Waals surface area contributed by atoms with Crippen molar-refractivity contribution in [2.75, 3.05) is 25.4 Å². The number of nitrogens with two attached hydrogens (primary N) is 1. The van der Waals surface area contributed by atoms with Crippen LogP contribution in [-0.4, -0.2) is 41.1 Å². The average Bonchev–Trinajstić information content (AvgIpc) is 2.82. The van der Waals surface area contributed by atoms with Crippen molar-refractivity contribution in [3.8, 4) is 0 Å². The molecular weight excluding hydrogens is 252 g/mol. The lowest BCUT2D eigenvalue weighted by molar-refractivity contribution is 0.0902. The lowest BCUT2D eigenvalue weighted by Gasteiger charge is -2.31. The molecule has 0 aliphatic carbocycles. The van der Waals surface area contributed by atoms with E-state index >= 15 is 0 Å². The molecule has 1 aliphatic heterocycles. The van der Waals surface area contributed by atoms with Gasteiger partial charge in [-0.1, -0.05) is 6.92 Å². The zero-order valence-electron chi connectivity index (χ0n) is 12.7. The van der Waals surface area contributed by atoms with Gasteiger partial charge in [0.1, 0.15) is 5.69 Å². The number of aromatic nitrogens is 1. The third-order valence-corrected chi connectivity index (χ3v) is 4.03. The summed E-state index contributed by atoms with van der Waals surface area (Å²) in [5.74, 6) is -0.00894. The molecule has 3 N–H and O–H groups in total. The second-order valence-electron chi connectivity index (χ2n) is 5.84. The second kappa shape index (κ2) is 6.31. The molecule has 0 unspecified atom stereocenters. The van der Waals surface area contributed by atoms with E-state index in [4.69, 9.17) is 5.73 Å². The van der Waals surface area contributed by atoms with Crippen molar-refractivity contribution < 1.29 is 4.79 Å². The fourth-order valence-corrected chi connectivity index (χ4v) is 2.76. The van der Waals surface area contributed by atoms with Crippen LogP contribution in [0.3, 0.4) is 0 Å². The van der Waals surface area contributed by atoms with Gasteiger partial charge in [-0.2, -0.15) is 0 Å². The Balaban J connectivity index is 1.99. The van der Waals surface area contributed by atoms with Gasteiger partial charge in [0.2, 0.25) is 0 Å². The first-order valence-corrected chi connectivity index (χ1v) is 7.51. The Kier molecular flexibility index (Phi) is 4.70. The quantitative estimate of drug-likeness (QED) is 0.883. The monoisotopic (exact) mass is 278 g/mol. The molecule has 2 rings (SSSR count). The maximum Gasteiger partial charge on any atom is 0.268 e. The second-order valence-corrected chi connectivity index (χ2v) is 5.84. The van der Waals surface area contributed by atoms with Gasteiger partial charge < -0.3 is 20.5 Å². The molecule has 2 heterocycles. The molecule has 1 aromatic heterocycles. The number of nitrogens with zero attached hydrogens (tertiary/aromatic N) is 2. The molecule has 5 heteroatoms. The summed E-state index contributed by atoms with van der Waals surface area (Å²) >= 11 is 0. The van der Waals surface area contributed by atoms with Crippen LogP contribution in [0, 0.1) is 0 Å². The molecule has 112 valence electrons. The van der Waals surface area contributed by atoms with E-state index in [1.807, 2.05) is 10.8 Å². The Morgan fingerprint density at radius 2 is 2.10 bits per heavy atom. The van der Waals surface area contributed by atoms with Gasteiger partial charge in [-0.15, -0.1) is 0 Å². The lowest BCUT2D eigenvalue weighted by Crippen LogP contribution is -2.44. The van der Waals surface area contributed by atoms with Crippen molar-refractivity contribution in [1.29, 1.82) is 0 Å². The Bertz CT molecular complexity index is 458. The number of carbonyl (C=O) groups excluding carboxylic acids is 1. The van der Waals surface area contributed by atoms with Crippen molar-refractivity contribution in [3.05, 3.63) is 18.0 Å². The summed E-state index contributed by atoms with van der Waals surface area (Å²) in [5, 5.41) is 3.15. The van der Waals surface area contributed by atoms with E-state index in [-0.39, 0.29) is 18.0 Å². The minimum Gasteiger partial charge on any atom is -0.397 e. The fraction of sp³-hybridized carbons (Fsp3) is 0.667. The van der Waals surface area contributed by atoms with Crippen LogP contribution in [0.4, 0.5) is 5.69 Å². The molecule has 1 aromatic rings. The van der Waals surface area contributed by atoms with Crippen LogP contribution in [0.15, 0.2) is 12.3 Å². The molecule has 0 bridgehead atoms. The van der Waals surface area contributed by atoms with Crippen molar-refractivity contribution in [2.45, 2.75) is 45.7 Å². The highest BCUT2D eigenvalue weighted by atomic mass is 16.2.